The third-order valence-corrected chi connectivity index (χ3v) is 3.98. The minimum absolute atomic E-state index is 0.173. The van der Waals surface area contributed by atoms with E-state index >= 15 is 0 Å². The zero-order valence-corrected chi connectivity index (χ0v) is 10.2. The van der Waals surface area contributed by atoms with Gasteiger partial charge in [-0.25, -0.2) is 4.39 Å². The molecule has 0 bridgehead atoms. The van der Waals surface area contributed by atoms with Crippen LogP contribution >= 0.6 is 0 Å². The lowest BCUT2D eigenvalue weighted by Gasteiger charge is -2.36. The second kappa shape index (κ2) is 3.83. The van der Waals surface area contributed by atoms with E-state index < -0.39 is 0 Å². The predicted octanol–water partition coefficient (Wildman–Crippen LogP) is 1.78. The fraction of sp³-hybridized carbons (Fsp3) is 0.357. The number of nitrogens with two attached hydrogens (primary N) is 1. The fourth-order valence-corrected chi connectivity index (χ4v) is 3.14. The van der Waals surface area contributed by atoms with Gasteiger partial charge in [-0.15, -0.1) is 6.58 Å². The summed E-state index contributed by atoms with van der Waals surface area (Å²) in [6.07, 6.45) is 3.64. The summed E-state index contributed by atoms with van der Waals surface area (Å²) in [5.74, 6) is 0.389. The molecule has 0 saturated heterocycles. The van der Waals surface area contributed by atoms with Crippen molar-refractivity contribution < 1.29 is 4.39 Å². The highest BCUT2D eigenvalue weighted by molar-refractivity contribution is 5.82. The van der Waals surface area contributed by atoms with Gasteiger partial charge in [0.2, 0.25) is 0 Å². The van der Waals surface area contributed by atoms with Crippen LogP contribution in [0.15, 0.2) is 35.8 Å². The highest BCUT2D eigenvalue weighted by Crippen LogP contribution is 2.44. The number of benzene rings is 1. The third kappa shape index (κ3) is 1.38. The molecule has 2 N–H and O–H groups in total. The van der Waals surface area contributed by atoms with E-state index in [0.717, 1.165) is 24.0 Å². The van der Waals surface area contributed by atoms with Gasteiger partial charge in [0.25, 0.3) is 0 Å². The number of hydrogen-bond acceptors (Lipinski definition) is 3. The van der Waals surface area contributed by atoms with E-state index in [-0.39, 0.29) is 11.4 Å². The van der Waals surface area contributed by atoms with Crippen LogP contribution in [0.4, 0.5) is 4.39 Å². The minimum atomic E-state index is -0.179. The van der Waals surface area contributed by atoms with Crippen molar-refractivity contribution in [2.45, 2.75) is 18.4 Å². The topological polar surface area (TPSA) is 41.6 Å². The molecule has 0 saturated carbocycles. The summed E-state index contributed by atoms with van der Waals surface area (Å²) in [7, 11) is 0. The molecule has 1 unspecified atom stereocenters. The van der Waals surface area contributed by atoms with E-state index in [1.807, 2.05) is 12.1 Å². The summed E-state index contributed by atoms with van der Waals surface area (Å²) in [5, 5.41) is 0. The van der Waals surface area contributed by atoms with Crippen LogP contribution in [0.3, 0.4) is 0 Å². The Bertz CT molecular complexity index is 538. The molecule has 0 fully saturated rings. The summed E-state index contributed by atoms with van der Waals surface area (Å²) in [4.78, 5) is 6.46. The predicted molar refractivity (Wildman–Crippen MR) is 69.8 cm³/mol. The zero-order valence-electron chi connectivity index (χ0n) is 10.2. The molecule has 94 valence electrons. The highest BCUT2D eigenvalue weighted by Gasteiger charge is 2.47. The van der Waals surface area contributed by atoms with Gasteiger partial charge in [0.15, 0.2) is 5.96 Å². The van der Waals surface area contributed by atoms with Gasteiger partial charge in [-0.1, -0.05) is 12.1 Å². The lowest BCUT2D eigenvalue weighted by Crippen LogP contribution is -2.48. The second-order valence-corrected chi connectivity index (χ2v) is 4.91. The maximum Gasteiger partial charge on any atom is 0.192 e. The smallest absolute Gasteiger partial charge is 0.192 e. The number of aryl methyl sites for hydroxylation is 1. The van der Waals surface area contributed by atoms with Crippen molar-refractivity contribution in [1.82, 2.24) is 4.90 Å². The average Bonchev–Trinajstić information content (AvgIpc) is 2.86. The Morgan fingerprint density at radius 2 is 2.39 bits per heavy atom. The van der Waals surface area contributed by atoms with Crippen molar-refractivity contribution in [2.75, 3.05) is 13.1 Å². The monoisotopic (exact) mass is 245 g/mol. The third-order valence-electron chi connectivity index (χ3n) is 3.98. The van der Waals surface area contributed by atoms with E-state index in [0.29, 0.717) is 19.0 Å². The number of rotatable bonds is 2. The van der Waals surface area contributed by atoms with Crippen molar-refractivity contribution in [3.8, 4) is 0 Å². The molecule has 3 rings (SSSR count). The van der Waals surface area contributed by atoms with Crippen LogP contribution in [-0.2, 0) is 12.0 Å². The molecular weight excluding hydrogens is 229 g/mol. The lowest BCUT2D eigenvalue weighted by molar-refractivity contribution is 0.219. The van der Waals surface area contributed by atoms with Gasteiger partial charge in [0.1, 0.15) is 5.82 Å². The lowest BCUT2D eigenvalue weighted by atomic mass is 9.90. The molecule has 1 aliphatic heterocycles. The summed E-state index contributed by atoms with van der Waals surface area (Å²) in [5.41, 5.74) is 8.02. The number of aliphatic imine (C=N–C) groups is 1. The first-order valence-corrected chi connectivity index (χ1v) is 6.15. The Labute approximate surface area is 106 Å². The van der Waals surface area contributed by atoms with Gasteiger partial charge < -0.3 is 10.6 Å². The summed E-state index contributed by atoms with van der Waals surface area (Å²) in [6.45, 7) is 5.10. The van der Waals surface area contributed by atoms with Crippen LogP contribution in [0.1, 0.15) is 17.5 Å². The van der Waals surface area contributed by atoms with Gasteiger partial charge in [-0.2, -0.15) is 0 Å². The molecule has 18 heavy (non-hydrogen) atoms. The van der Waals surface area contributed by atoms with Crippen molar-refractivity contribution in [1.29, 1.82) is 0 Å². The van der Waals surface area contributed by atoms with Crippen LogP contribution in [0, 0.1) is 5.82 Å². The fourth-order valence-electron chi connectivity index (χ4n) is 3.14. The van der Waals surface area contributed by atoms with E-state index in [1.165, 1.54) is 6.07 Å². The van der Waals surface area contributed by atoms with Crippen LogP contribution in [0.2, 0.25) is 0 Å². The summed E-state index contributed by atoms with van der Waals surface area (Å²) >= 11 is 0. The Kier molecular flexibility index (Phi) is 2.40. The van der Waals surface area contributed by atoms with Gasteiger partial charge in [0.05, 0.1) is 12.1 Å². The molecule has 3 nitrogen and oxygen atoms in total. The molecular formula is C14H16FN3. The van der Waals surface area contributed by atoms with Crippen LogP contribution in [0.25, 0.3) is 0 Å². The van der Waals surface area contributed by atoms with Gasteiger partial charge in [-0.05, 0) is 36.1 Å². The molecule has 1 spiro atoms. The summed E-state index contributed by atoms with van der Waals surface area (Å²) in [6, 6.07) is 5.03. The van der Waals surface area contributed by atoms with Crippen LogP contribution in [0.5, 0.6) is 0 Å². The largest absolute Gasteiger partial charge is 0.370 e. The molecule has 1 atom stereocenters. The number of hydrogen-bond donors (Lipinski definition) is 1. The number of halogens is 1. The van der Waals surface area contributed by atoms with E-state index in [2.05, 4.69) is 16.5 Å². The number of fused-ring (bicyclic) bond motifs is 2. The SMILES string of the molecule is C=CCN1C(N)=NCC12CCc1cc(F)ccc12. The van der Waals surface area contributed by atoms with Crippen molar-refractivity contribution >= 4 is 5.96 Å². The summed E-state index contributed by atoms with van der Waals surface area (Å²) < 4.78 is 13.3. The van der Waals surface area contributed by atoms with E-state index in [4.69, 9.17) is 5.73 Å². The highest BCUT2D eigenvalue weighted by atomic mass is 19.1. The first-order chi connectivity index (χ1) is 8.67. The standard InChI is InChI=1S/C14H16FN3/c1-2-7-18-13(16)17-9-14(18)6-5-10-8-11(15)3-4-12(10)14/h2-4,8H,1,5-7,9H2,(H2,16,17). The molecule has 1 aromatic carbocycles. The van der Waals surface area contributed by atoms with Crippen LogP contribution in [-0.4, -0.2) is 23.9 Å². The van der Waals surface area contributed by atoms with Crippen molar-refractivity contribution in [3.63, 3.8) is 0 Å². The second-order valence-electron chi connectivity index (χ2n) is 4.91. The van der Waals surface area contributed by atoms with E-state index in [9.17, 15) is 4.39 Å². The van der Waals surface area contributed by atoms with E-state index in [1.54, 1.807) is 6.07 Å². The molecule has 0 radical (unpaired) electrons. The van der Waals surface area contributed by atoms with Crippen molar-refractivity contribution in [2.24, 2.45) is 10.7 Å². The number of guanidine groups is 1. The molecule has 0 aromatic heterocycles. The molecule has 2 aliphatic rings. The van der Waals surface area contributed by atoms with Crippen LogP contribution < -0.4 is 5.73 Å². The molecule has 0 amide bonds. The molecule has 1 heterocycles. The van der Waals surface area contributed by atoms with Gasteiger partial charge in [0, 0.05) is 6.54 Å². The zero-order chi connectivity index (χ0) is 12.8. The Morgan fingerprint density at radius 3 is 3.17 bits per heavy atom. The Hall–Kier alpha value is -1.84. The molecule has 1 aromatic rings. The normalized spacial score (nSPS) is 25.4. The minimum Gasteiger partial charge on any atom is -0.370 e. The Balaban J connectivity index is 2.06. The number of nitrogens with zero attached hydrogens (tertiary/aromatic N) is 2. The molecule has 1 aliphatic carbocycles. The Morgan fingerprint density at radius 1 is 1.56 bits per heavy atom. The first-order valence-electron chi connectivity index (χ1n) is 6.15. The quantitative estimate of drug-likeness (QED) is 0.807. The molecule has 4 heteroatoms. The average molecular weight is 245 g/mol. The van der Waals surface area contributed by atoms with Crippen molar-refractivity contribution in [3.05, 3.63) is 47.8 Å². The van der Waals surface area contributed by atoms with Gasteiger partial charge in [-0.3, -0.25) is 4.99 Å². The maximum absolute atomic E-state index is 13.3. The first kappa shape index (κ1) is 11.3. The van der Waals surface area contributed by atoms with Gasteiger partial charge >= 0.3 is 0 Å². The maximum atomic E-state index is 13.3.